The summed E-state index contributed by atoms with van der Waals surface area (Å²) in [5.41, 5.74) is 6.93. The maximum atomic E-state index is 9.42. The van der Waals surface area contributed by atoms with Gasteiger partial charge in [0.2, 0.25) is 5.95 Å². The van der Waals surface area contributed by atoms with Crippen LogP contribution in [-0.4, -0.2) is 15.1 Å². The van der Waals surface area contributed by atoms with E-state index < -0.39 is 0 Å². The van der Waals surface area contributed by atoms with Gasteiger partial charge >= 0.3 is 51.4 Å². The molecular formula is C11H11ClKN3O. The van der Waals surface area contributed by atoms with E-state index in [0.717, 1.165) is 11.1 Å². The smallest absolute Gasteiger partial charge is 0.506 e. The SMILES string of the molecule is Nc1ncc(-c2ccc(Cl)c(O)c2)cn1.[CH3-].[K+]. The molecule has 1 aromatic heterocycles. The second-order valence-electron chi connectivity index (χ2n) is 3.00. The van der Waals surface area contributed by atoms with Crippen LogP contribution in [0.4, 0.5) is 5.95 Å². The summed E-state index contributed by atoms with van der Waals surface area (Å²) in [5, 5.41) is 9.73. The maximum Gasteiger partial charge on any atom is 1.00 e. The molecule has 17 heavy (non-hydrogen) atoms. The van der Waals surface area contributed by atoms with Gasteiger partial charge in [-0.2, -0.15) is 0 Å². The largest absolute Gasteiger partial charge is 1.00 e. The summed E-state index contributed by atoms with van der Waals surface area (Å²) in [6, 6.07) is 4.94. The molecule has 6 heteroatoms. The molecule has 1 heterocycles. The molecule has 2 aromatic rings. The minimum atomic E-state index is 0. The molecule has 0 aliphatic carbocycles. The third kappa shape index (κ3) is 4.20. The molecule has 0 bridgehead atoms. The van der Waals surface area contributed by atoms with E-state index in [1.165, 1.54) is 0 Å². The second kappa shape index (κ2) is 7.30. The van der Waals surface area contributed by atoms with Gasteiger partial charge in [0.15, 0.2) is 0 Å². The third-order valence-corrected chi connectivity index (χ3v) is 2.27. The van der Waals surface area contributed by atoms with Crippen LogP contribution >= 0.6 is 11.6 Å². The number of aromatic hydroxyl groups is 1. The number of nitrogens with zero attached hydrogens (tertiary/aromatic N) is 2. The van der Waals surface area contributed by atoms with Gasteiger partial charge in [0.25, 0.3) is 0 Å². The van der Waals surface area contributed by atoms with Gasteiger partial charge < -0.3 is 18.3 Å². The molecule has 3 N–H and O–H groups in total. The quantitative estimate of drug-likeness (QED) is 0.546. The van der Waals surface area contributed by atoms with Crippen molar-refractivity contribution in [1.82, 2.24) is 9.97 Å². The number of anilines is 1. The maximum absolute atomic E-state index is 9.42. The van der Waals surface area contributed by atoms with Gasteiger partial charge in [-0.1, -0.05) is 17.7 Å². The summed E-state index contributed by atoms with van der Waals surface area (Å²) in [7, 11) is 0. The molecule has 0 unspecified atom stereocenters. The van der Waals surface area contributed by atoms with Crippen molar-refractivity contribution in [1.29, 1.82) is 0 Å². The third-order valence-electron chi connectivity index (χ3n) is 1.95. The molecule has 0 saturated carbocycles. The Morgan fingerprint density at radius 3 is 2.24 bits per heavy atom. The number of phenols is 1. The molecule has 2 rings (SSSR count). The normalized spacial score (nSPS) is 9.00. The summed E-state index contributed by atoms with van der Waals surface area (Å²) < 4.78 is 0. The summed E-state index contributed by atoms with van der Waals surface area (Å²) in [5.74, 6) is 0.253. The fraction of sp³-hybridized carbons (Fsp3) is 0. The molecule has 0 aliphatic heterocycles. The number of phenolic OH excluding ortho intramolecular Hbond substituents is 1. The van der Waals surface area contributed by atoms with Gasteiger partial charge in [0.05, 0.1) is 5.02 Å². The van der Waals surface area contributed by atoms with Gasteiger partial charge in [-0.3, -0.25) is 0 Å². The van der Waals surface area contributed by atoms with Crippen LogP contribution in [0.2, 0.25) is 5.02 Å². The van der Waals surface area contributed by atoms with Crippen LogP contribution in [0, 0.1) is 7.43 Å². The average Bonchev–Trinajstić information content (AvgIpc) is 2.23. The van der Waals surface area contributed by atoms with Gasteiger partial charge in [-0.15, -0.1) is 0 Å². The van der Waals surface area contributed by atoms with Crippen molar-refractivity contribution in [2.75, 3.05) is 5.73 Å². The number of halogens is 1. The topological polar surface area (TPSA) is 72.0 Å². The average molecular weight is 276 g/mol. The first-order valence-corrected chi connectivity index (χ1v) is 4.61. The van der Waals surface area contributed by atoms with E-state index in [0.29, 0.717) is 5.02 Å². The fourth-order valence-corrected chi connectivity index (χ4v) is 1.30. The molecule has 0 amide bonds. The summed E-state index contributed by atoms with van der Waals surface area (Å²) in [6.45, 7) is 0. The van der Waals surface area contributed by atoms with Crippen molar-refractivity contribution >= 4 is 17.5 Å². The first kappa shape index (κ1) is 16.8. The number of nitrogens with two attached hydrogens (primary N) is 1. The van der Waals surface area contributed by atoms with E-state index in [9.17, 15) is 5.11 Å². The van der Waals surface area contributed by atoms with Crippen LogP contribution in [0.3, 0.4) is 0 Å². The fourth-order valence-electron chi connectivity index (χ4n) is 1.18. The van der Waals surface area contributed by atoms with Crippen LogP contribution < -0.4 is 57.1 Å². The number of nitrogen functional groups attached to an aromatic ring is 1. The number of benzene rings is 1. The molecule has 4 nitrogen and oxygen atoms in total. The summed E-state index contributed by atoms with van der Waals surface area (Å²) >= 11 is 5.69. The van der Waals surface area contributed by atoms with E-state index in [1.807, 2.05) is 0 Å². The van der Waals surface area contributed by atoms with E-state index in [1.54, 1.807) is 30.6 Å². The summed E-state index contributed by atoms with van der Waals surface area (Å²) in [4.78, 5) is 7.72. The molecule has 0 aliphatic rings. The number of aromatic nitrogens is 2. The van der Waals surface area contributed by atoms with Crippen molar-refractivity contribution < 1.29 is 56.5 Å². The van der Waals surface area contributed by atoms with Gasteiger partial charge in [-0.25, -0.2) is 9.97 Å². The molecule has 0 spiro atoms. The van der Waals surface area contributed by atoms with Crippen molar-refractivity contribution in [2.45, 2.75) is 0 Å². The van der Waals surface area contributed by atoms with E-state index >= 15 is 0 Å². The van der Waals surface area contributed by atoms with Crippen LogP contribution in [-0.2, 0) is 0 Å². The van der Waals surface area contributed by atoms with Gasteiger partial charge in [0, 0.05) is 18.0 Å². The molecule has 0 atom stereocenters. The zero-order chi connectivity index (χ0) is 10.8. The van der Waals surface area contributed by atoms with E-state index in [4.69, 9.17) is 17.3 Å². The predicted molar refractivity (Wildman–Crippen MR) is 65.0 cm³/mol. The molecule has 0 saturated heterocycles. The van der Waals surface area contributed by atoms with Crippen molar-refractivity contribution in [3.63, 3.8) is 0 Å². The van der Waals surface area contributed by atoms with Crippen molar-refractivity contribution in [3.8, 4) is 16.9 Å². The van der Waals surface area contributed by atoms with Crippen LogP contribution in [0.1, 0.15) is 0 Å². The Morgan fingerprint density at radius 2 is 1.71 bits per heavy atom. The summed E-state index contributed by atoms with van der Waals surface area (Å²) in [6.07, 6.45) is 3.18. The minimum absolute atomic E-state index is 0. The Kier molecular flexibility index (Phi) is 7.23. The van der Waals surface area contributed by atoms with Gasteiger partial charge in [-0.05, 0) is 17.7 Å². The Hall–Kier alpha value is -0.174. The Bertz CT molecular complexity index is 491. The zero-order valence-electron chi connectivity index (χ0n) is 9.68. The second-order valence-corrected chi connectivity index (χ2v) is 3.40. The van der Waals surface area contributed by atoms with Gasteiger partial charge in [0.1, 0.15) is 5.75 Å². The number of rotatable bonds is 1. The molecule has 84 valence electrons. The molecule has 0 fully saturated rings. The zero-order valence-corrected chi connectivity index (χ0v) is 13.6. The molecule has 1 aromatic carbocycles. The number of hydrogen-bond acceptors (Lipinski definition) is 4. The van der Waals surface area contributed by atoms with E-state index in [2.05, 4.69) is 9.97 Å². The monoisotopic (exact) mass is 275 g/mol. The standard InChI is InChI=1S/C10H8ClN3O.CH3.K/c11-8-2-1-6(3-9(8)15)7-4-13-10(12)14-5-7;;/h1-5,15H,(H2,12,13,14);1H3;/q;-1;+1. The van der Waals surface area contributed by atoms with E-state index in [-0.39, 0.29) is 70.5 Å². The van der Waals surface area contributed by atoms with Crippen LogP contribution in [0.15, 0.2) is 30.6 Å². The first-order chi connectivity index (χ1) is 7.16. The van der Waals surface area contributed by atoms with Crippen molar-refractivity contribution in [2.24, 2.45) is 0 Å². The Morgan fingerprint density at radius 1 is 1.12 bits per heavy atom. The Labute approximate surface area is 148 Å². The minimum Gasteiger partial charge on any atom is -0.506 e. The van der Waals surface area contributed by atoms with Crippen LogP contribution in [0.5, 0.6) is 5.75 Å². The molecular weight excluding hydrogens is 265 g/mol. The Balaban J connectivity index is 0.00000128. The first-order valence-electron chi connectivity index (χ1n) is 4.23. The predicted octanol–water partition coefficient (Wildman–Crippen LogP) is -0.461. The molecule has 0 radical (unpaired) electrons. The van der Waals surface area contributed by atoms with Crippen LogP contribution in [0.25, 0.3) is 11.1 Å². The van der Waals surface area contributed by atoms with Crippen molar-refractivity contribution in [3.05, 3.63) is 43.0 Å². The number of hydrogen-bond donors (Lipinski definition) is 2.